The fourth-order valence-electron chi connectivity index (χ4n) is 1.31. The number of nitrogens with zero attached hydrogens (tertiary/aromatic N) is 1. The summed E-state index contributed by atoms with van der Waals surface area (Å²) in [4.78, 5) is 11.6. The summed E-state index contributed by atoms with van der Waals surface area (Å²) >= 11 is 0. The molecule has 1 atom stereocenters. The van der Waals surface area contributed by atoms with Crippen LogP contribution in [0.15, 0.2) is 24.3 Å². The number of carbonyl (C=O) groups excluding carboxylic acids is 1. The second kappa shape index (κ2) is 5.00. The van der Waals surface area contributed by atoms with E-state index < -0.39 is 23.4 Å². The molecule has 0 heterocycles. The van der Waals surface area contributed by atoms with Crippen LogP contribution in [-0.4, -0.2) is 5.78 Å². The maximum Gasteiger partial charge on any atom is 0.416 e. The molecular formula is C12H10F3NO. The highest BCUT2D eigenvalue weighted by Crippen LogP contribution is 2.29. The molecule has 1 aromatic rings. The third-order valence-electron chi connectivity index (χ3n) is 2.22. The van der Waals surface area contributed by atoms with Gasteiger partial charge in [-0.05, 0) is 19.1 Å². The second-order valence-corrected chi connectivity index (χ2v) is 3.74. The van der Waals surface area contributed by atoms with E-state index in [0.717, 1.165) is 12.1 Å². The van der Waals surface area contributed by atoms with Crippen molar-refractivity contribution < 1.29 is 18.0 Å². The van der Waals surface area contributed by atoms with E-state index in [1.807, 2.05) is 6.07 Å². The summed E-state index contributed by atoms with van der Waals surface area (Å²) in [5.41, 5.74) is -0.866. The normalized spacial score (nSPS) is 12.9. The maximum absolute atomic E-state index is 12.4. The predicted octanol–water partition coefficient (Wildman–Crippen LogP) is 3.44. The molecule has 0 N–H and O–H groups in total. The lowest BCUT2D eigenvalue weighted by molar-refractivity contribution is -0.137. The lowest BCUT2D eigenvalue weighted by Gasteiger charge is -2.08. The fourth-order valence-corrected chi connectivity index (χ4v) is 1.31. The molecule has 0 fully saturated rings. The number of hydrogen-bond acceptors (Lipinski definition) is 2. The van der Waals surface area contributed by atoms with Crippen LogP contribution in [-0.2, 0) is 6.18 Å². The third-order valence-corrected chi connectivity index (χ3v) is 2.22. The molecule has 1 aromatic carbocycles. The van der Waals surface area contributed by atoms with Gasteiger partial charge >= 0.3 is 6.18 Å². The van der Waals surface area contributed by atoms with Gasteiger partial charge in [0.05, 0.1) is 17.6 Å². The summed E-state index contributed by atoms with van der Waals surface area (Å²) in [7, 11) is 0. The molecule has 1 rings (SSSR count). The Morgan fingerprint density at radius 3 is 2.65 bits per heavy atom. The van der Waals surface area contributed by atoms with E-state index in [4.69, 9.17) is 5.26 Å². The first-order valence-corrected chi connectivity index (χ1v) is 4.94. The third kappa shape index (κ3) is 3.59. The molecular weight excluding hydrogens is 231 g/mol. The molecule has 0 aromatic heterocycles. The molecule has 0 saturated heterocycles. The molecule has 0 aliphatic heterocycles. The van der Waals surface area contributed by atoms with E-state index in [9.17, 15) is 18.0 Å². The summed E-state index contributed by atoms with van der Waals surface area (Å²) < 4.78 is 37.2. The Kier molecular flexibility index (Phi) is 3.89. The molecule has 0 spiro atoms. The van der Waals surface area contributed by atoms with Gasteiger partial charge in [-0.3, -0.25) is 4.79 Å². The highest BCUT2D eigenvalue weighted by molar-refractivity contribution is 5.96. The Balaban J connectivity index is 2.93. The van der Waals surface area contributed by atoms with E-state index in [1.165, 1.54) is 12.1 Å². The number of benzene rings is 1. The van der Waals surface area contributed by atoms with Crippen molar-refractivity contribution >= 4 is 5.78 Å². The molecule has 0 amide bonds. The van der Waals surface area contributed by atoms with Gasteiger partial charge in [-0.1, -0.05) is 12.1 Å². The van der Waals surface area contributed by atoms with Gasteiger partial charge in [0.1, 0.15) is 0 Å². The predicted molar refractivity (Wildman–Crippen MR) is 55.2 cm³/mol. The van der Waals surface area contributed by atoms with Crippen molar-refractivity contribution in [3.8, 4) is 6.07 Å². The Hall–Kier alpha value is -1.83. The van der Waals surface area contributed by atoms with Gasteiger partial charge in [0.2, 0.25) is 0 Å². The van der Waals surface area contributed by atoms with Crippen molar-refractivity contribution in [2.45, 2.75) is 19.5 Å². The van der Waals surface area contributed by atoms with Gasteiger partial charge in [-0.2, -0.15) is 18.4 Å². The summed E-state index contributed by atoms with van der Waals surface area (Å²) in [6, 6.07) is 6.10. The molecule has 90 valence electrons. The SMILES string of the molecule is CC(C#N)CC(=O)c1cccc(C(F)(F)F)c1. The zero-order valence-corrected chi connectivity index (χ0v) is 9.08. The molecule has 5 heteroatoms. The van der Waals surface area contributed by atoms with Gasteiger partial charge < -0.3 is 0 Å². The summed E-state index contributed by atoms with van der Waals surface area (Å²) in [5, 5.41) is 8.53. The van der Waals surface area contributed by atoms with E-state index >= 15 is 0 Å². The van der Waals surface area contributed by atoms with Gasteiger partial charge in [0.15, 0.2) is 5.78 Å². The number of rotatable bonds is 3. The summed E-state index contributed by atoms with van der Waals surface area (Å²) in [5.74, 6) is -0.956. The fraction of sp³-hybridized carbons (Fsp3) is 0.333. The topological polar surface area (TPSA) is 40.9 Å². The minimum atomic E-state index is -4.46. The monoisotopic (exact) mass is 241 g/mol. The largest absolute Gasteiger partial charge is 0.416 e. The zero-order valence-electron chi connectivity index (χ0n) is 9.08. The molecule has 2 nitrogen and oxygen atoms in total. The van der Waals surface area contributed by atoms with E-state index in [0.29, 0.717) is 0 Å². The standard InChI is InChI=1S/C12H10F3NO/c1-8(7-16)5-11(17)9-3-2-4-10(6-9)12(13,14)15/h2-4,6,8H,5H2,1H3. The smallest absolute Gasteiger partial charge is 0.294 e. The first-order chi connectivity index (χ1) is 7.84. The Bertz CT molecular complexity index is 460. The Morgan fingerprint density at radius 1 is 1.47 bits per heavy atom. The highest BCUT2D eigenvalue weighted by Gasteiger charge is 2.30. The van der Waals surface area contributed by atoms with Crippen LogP contribution in [0.3, 0.4) is 0 Å². The highest BCUT2D eigenvalue weighted by atomic mass is 19.4. The number of ketones is 1. The van der Waals surface area contributed by atoms with E-state index in [1.54, 1.807) is 6.92 Å². The molecule has 0 aliphatic carbocycles. The number of halogens is 3. The summed E-state index contributed by atoms with van der Waals surface area (Å²) in [6.07, 6.45) is -4.53. The van der Waals surface area contributed by atoms with Crippen molar-refractivity contribution in [2.24, 2.45) is 5.92 Å². The molecule has 0 radical (unpaired) electrons. The van der Waals surface area contributed by atoms with Crippen LogP contribution in [0, 0.1) is 17.2 Å². The Morgan fingerprint density at radius 2 is 2.12 bits per heavy atom. The van der Waals surface area contributed by atoms with Crippen molar-refractivity contribution in [3.05, 3.63) is 35.4 Å². The van der Waals surface area contributed by atoms with Crippen molar-refractivity contribution in [3.63, 3.8) is 0 Å². The van der Waals surface area contributed by atoms with Crippen LogP contribution in [0.2, 0.25) is 0 Å². The van der Waals surface area contributed by atoms with Crippen molar-refractivity contribution in [1.29, 1.82) is 5.26 Å². The lowest BCUT2D eigenvalue weighted by atomic mass is 9.99. The quantitative estimate of drug-likeness (QED) is 0.760. The second-order valence-electron chi connectivity index (χ2n) is 3.74. The first kappa shape index (κ1) is 13.2. The number of nitriles is 1. The zero-order chi connectivity index (χ0) is 13.1. The molecule has 0 aliphatic rings. The minimum Gasteiger partial charge on any atom is -0.294 e. The van der Waals surface area contributed by atoms with Crippen LogP contribution >= 0.6 is 0 Å². The number of Topliss-reactive ketones (excluding diaryl/α,β-unsaturated/α-hetero) is 1. The summed E-state index contributed by atoms with van der Waals surface area (Å²) in [6.45, 7) is 1.55. The average Bonchev–Trinajstić information content (AvgIpc) is 2.28. The number of carbonyl (C=O) groups is 1. The minimum absolute atomic E-state index is 0.0121. The molecule has 0 bridgehead atoms. The van der Waals surface area contributed by atoms with Crippen molar-refractivity contribution in [2.75, 3.05) is 0 Å². The number of alkyl halides is 3. The molecule has 1 unspecified atom stereocenters. The van der Waals surface area contributed by atoms with Gasteiger partial charge in [0, 0.05) is 12.0 Å². The maximum atomic E-state index is 12.4. The van der Waals surface area contributed by atoms with Gasteiger partial charge in [0.25, 0.3) is 0 Å². The van der Waals surface area contributed by atoms with Crippen LogP contribution in [0.4, 0.5) is 13.2 Å². The van der Waals surface area contributed by atoms with Crippen LogP contribution in [0.5, 0.6) is 0 Å². The number of hydrogen-bond donors (Lipinski definition) is 0. The van der Waals surface area contributed by atoms with E-state index in [2.05, 4.69) is 0 Å². The first-order valence-electron chi connectivity index (χ1n) is 4.94. The lowest BCUT2D eigenvalue weighted by Crippen LogP contribution is -2.09. The van der Waals surface area contributed by atoms with Crippen molar-refractivity contribution in [1.82, 2.24) is 0 Å². The molecule has 0 saturated carbocycles. The van der Waals surface area contributed by atoms with Gasteiger partial charge in [-0.25, -0.2) is 0 Å². The van der Waals surface area contributed by atoms with E-state index in [-0.39, 0.29) is 12.0 Å². The van der Waals surface area contributed by atoms with Gasteiger partial charge in [-0.15, -0.1) is 0 Å². The average molecular weight is 241 g/mol. The molecule has 17 heavy (non-hydrogen) atoms. The van der Waals surface area contributed by atoms with Crippen LogP contribution in [0.25, 0.3) is 0 Å². The van der Waals surface area contributed by atoms with Crippen LogP contribution < -0.4 is 0 Å². The Labute approximate surface area is 96.7 Å². The van der Waals surface area contributed by atoms with Crippen LogP contribution in [0.1, 0.15) is 29.3 Å².